The van der Waals surface area contributed by atoms with Crippen LogP contribution in [0.4, 0.5) is 0 Å². The van der Waals surface area contributed by atoms with Gasteiger partial charge < -0.3 is 5.32 Å². The van der Waals surface area contributed by atoms with E-state index in [1.54, 1.807) is 0 Å². The zero-order chi connectivity index (χ0) is 10.3. The molecular weight excluding hydrogens is 158 g/mol. The third kappa shape index (κ3) is 6.83. The standard InChI is InChI=1S/C12H25N/c1-6-11(5)9-12(13-7-2)8-10(3)4/h10,12-13H,5-9H2,1-4H3. The van der Waals surface area contributed by atoms with Crippen molar-refractivity contribution in [2.75, 3.05) is 6.54 Å². The van der Waals surface area contributed by atoms with E-state index in [0.717, 1.165) is 25.3 Å². The van der Waals surface area contributed by atoms with Crippen LogP contribution in [0, 0.1) is 5.92 Å². The highest BCUT2D eigenvalue weighted by Crippen LogP contribution is 2.13. The maximum atomic E-state index is 4.06. The highest BCUT2D eigenvalue weighted by Gasteiger charge is 2.09. The van der Waals surface area contributed by atoms with E-state index in [1.807, 2.05) is 0 Å². The fourth-order valence-corrected chi connectivity index (χ4v) is 1.59. The topological polar surface area (TPSA) is 12.0 Å². The van der Waals surface area contributed by atoms with Gasteiger partial charge in [0.05, 0.1) is 0 Å². The average molecular weight is 183 g/mol. The minimum Gasteiger partial charge on any atom is -0.314 e. The van der Waals surface area contributed by atoms with Crippen LogP contribution in [-0.2, 0) is 0 Å². The Morgan fingerprint density at radius 2 is 1.92 bits per heavy atom. The van der Waals surface area contributed by atoms with Gasteiger partial charge in [-0.3, -0.25) is 0 Å². The third-order valence-corrected chi connectivity index (χ3v) is 2.28. The summed E-state index contributed by atoms with van der Waals surface area (Å²) in [6.07, 6.45) is 3.51. The summed E-state index contributed by atoms with van der Waals surface area (Å²) in [6, 6.07) is 0.637. The molecule has 0 aliphatic rings. The Labute approximate surface area is 83.6 Å². The normalized spacial score (nSPS) is 13.3. The van der Waals surface area contributed by atoms with Gasteiger partial charge in [0.25, 0.3) is 0 Å². The maximum absolute atomic E-state index is 4.06. The molecule has 0 aromatic rings. The second-order valence-corrected chi connectivity index (χ2v) is 4.19. The Bertz CT molecular complexity index is 138. The summed E-state index contributed by atoms with van der Waals surface area (Å²) < 4.78 is 0. The van der Waals surface area contributed by atoms with Crippen LogP contribution in [0.2, 0.25) is 0 Å². The second kappa shape index (κ2) is 7.14. The van der Waals surface area contributed by atoms with Crippen molar-refractivity contribution in [2.45, 2.75) is 53.0 Å². The molecule has 0 rings (SSSR count). The smallest absolute Gasteiger partial charge is 0.0106 e. The van der Waals surface area contributed by atoms with Gasteiger partial charge >= 0.3 is 0 Å². The summed E-state index contributed by atoms with van der Waals surface area (Å²) in [6.45, 7) is 14.0. The Morgan fingerprint density at radius 1 is 1.31 bits per heavy atom. The van der Waals surface area contributed by atoms with Gasteiger partial charge in [0.1, 0.15) is 0 Å². The van der Waals surface area contributed by atoms with Gasteiger partial charge in [-0.2, -0.15) is 0 Å². The van der Waals surface area contributed by atoms with Crippen LogP contribution in [0.1, 0.15) is 47.0 Å². The summed E-state index contributed by atoms with van der Waals surface area (Å²) in [4.78, 5) is 0. The van der Waals surface area contributed by atoms with Crippen molar-refractivity contribution in [3.05, 3.63) is 12.2 Å². The summed E-state index contributed by atoms with van der Waals surface area (Å²) in [5.41, 5.74) is 1.37. The van der Waals surface area contributed by atoms with Crippen molar-refractivity contribution in [1.82, 2.24) is 5.32 Å². The predicted octanol–water partition coefficient (Wildman–Crippen LogP) is 3.37. The molecule has 0 spiro atoms. The first-order valence-electron chi connectivity index (χ1n) is 5.50. The second-order valence-electron chi connectivity index (χ2n) is 4.19. The van der Waals surface area contributed by atoms with Gasteiger partial charge in [-0.25, -0.2) is 0 Å². The fraction of sp³-hybridized carbons (Fsp3) is 0.833. The molecule has 0 amide bonds. The van der Waals surface area contributed by atoms with Gasteiger partial charge in [-0.05, 0) is 31.7 Å². The molecule has 13 heavy (non-hydrogen) atoms. The summed E-state index contributed by atoms with van der Waals surface area (Å²) >= 11 is 0. The highest BCUT2D eigenvalue weighted by molar-refractivity contribution is 4.96. The average Bonchev–Trinajstić information content (AvgIpc) is 2.03. The monoisotopic (exact) mass is 183 g/mol. The Hall–Kier alpha value is -0.300. The van der Waals surface area contributed by atoms with E-state index >= 15 is 0 Å². The Kier molecular flexibility index (Phi) is 6.97. The third-order valence-electron chi connectivity index (χ3n) is 2.28. The molecule has 1 atom stereocenters. The van der Waals surface area contributed by atoms with E-state index in [-0.39, 0.29) is 0 Å². The van der Waals surface area contributed by atoms with Gasteiger partial charge in [0.2, 0.25) is 0 Å². The minimum absolute atomic E-state index is 0.637. The predicted molar refractivity (Wildman–Crippen MR) is 61.0 cm³/mol. The lowest BCUT2D eigenvalue weighted by Crippen LogP contribution is -2.30. The molecule has 1 heteroatoms. The molecule has 0 radical (unpaired) electrons. The zero-order valence-electron chi connectivity index (χ0n) is 9.69. The summed E-state index contributed by atoms with van der Waals surface area (Å²) in [5.74, 6) is 0.772. The van der Waals surface area contributed by atoms with Crippen molar-refractivity contribution in [3.63, 3.8) is 0 Å². The minimum atomic E-state index is 0.637. The van der Waals surface area contributed by atoms with E-state index in [9.17, 15) is 0 Å². The highest BCUT2D eigenvalue weighted by atomic mass is 14.9. The zero-order valence-corrected chi connectivity index (χ0v) is 9.69. The summed E-state index contributed by atoms with van der Waals surface area (Å²) in [5, 5.41) is 3.52. The number of hydrogen-bond acceptors (Lipinski definition) is 1. The van der Waals surface area contributed by atoms with E-state index in [2.05, 4.69) is 39.6 Å². The molecule has 0 heterocycles. The molecule has 0 aliphatic carbocycles. The molecule has 0 saturated carbocycles. The van der Waals surface area contributed by atoms with Gasteiger partial charge in [0, 0.05) is 6.04 Å². The first-order valence-corrected chi connectivity index (χ1v) is 5.50. The molecule has 1 nitrogen and oxygen atoms in total. The lowest BCUT2D eigenvalue weighted by Gasteiger charge is -2.20. The van der Waals surface area contributed by atoms with Gasteiger partial charge in [-0.1, -0.05) is 39.8 Å². The van der Waals surface area contributed by atoms with E-state index in [0.29, 0.717) is 6.04 Å². The van der Waals surface area contributed by atoms with Crippen LogP contribution in [-0.4, -0.2) is 12.6 Å². The summed E-state index contributed by atoms with van der Waals surface area (Å²) in [7, 11) is 0. The quantitative estimate of drug-likeness (QED) is 0.597. The van der Waals surface area contributed by atoms with Crippen LogP contribution in [0.3, 0.4) is 0 Å². The molecule has 78 valence electrons. The molecule has 1 unspecified atom stereocenters. The molecule has 0 fully saturated rings. The Balaban J connectivity index is 3.86. The SMILES string of the molecule is C=C(CC)CC(CC(C)C)NCC. The van der Waals surface area contributed by atoms with Gasteiger partial charge in [0.15, 0.2) is 0 Å². The van der Waals surface area contributed by atoms with Crippen molar-refractivity contribution in [3.8, 4) is 0 Å². The molecule has 0 aromatic carbocycles. The number of hydrogen-bond donors (Lipinski definition) is 1. The lowest BCUT2D eigenvalue weighted by atomic mass is 9.97. The van der Waals surface area contributed by atoms with E-state index in [1.165, 1.54) is 12.0 Å². The first kappa shape index (κ1) is 12.7. The largest absolute Gasteiger partial charge is 0.314 e. The number of nitrogens with one attached hydrogen (secondary N) is 1. The number of rotatable bonds is 7. The molecule has 0 aromatic heterocycles. The molecule has 1 N–H and O–H groups in total. The molecule has 0 saturated heterocycles. The van der Waals surface area contributed by atoms with Crippen LogP contribution < -0.4 is 5.32 Å². The van der Waals surface area contributed by atoms with Crippen molar-refractivity contribution >= 4 is 0 Å². The molecule has 0 bridgehead atoms. The van der Waals surface area contributed by atoms with E-state index < -0.39 is 0 Å². The van der Waals surface area contributed by atoms with Crippen LogP contribution in [0.5, 0.6) is 0 Å². The van der Waals surface area contributed by atoms with Gasteiger partial charge in [-0.15, -0.1) is 0 Å². The first-order chi connectivity index (χ1) is 6.10. The van der Waals surface area contributed by atoms with Crippen LogP contribution in [0.25, 0.3) is 0 Å². The van der Waals surface area contributed by atoms with Crippen LogP contribution in [0.15, 0.2) is 12.2 Å². The van der Waals surface area contributed by atoms with Crippen molar-refractivity contribution in [2.24, 2.45) is 5.92 Å². The van der Waals surface area contributed by atoms with Crippen molar-refractivity contribution < 1.29 is 0 Å². The van der Waals surface area contributed by atoms with Crippen molar-refractivity contribution in [1.29, 1.82) is 0 Å². The Morgan fingerprint density at radius 3 is 2.31 bits per heavy atom. The molecular formula is C12H25N. The lowest BCUT2D eigenvalue weighted by molar-refractivity contribution is 0.421. The fourth-order valence-electron chi connectivity index (χ4n) is 1.59. The molecule has 0 aliphatic heterocycles. The van der Waals surface area contributed by atoms with E-state index in [4.69, 9.17) is 0 Å². The maximum Gasteiger partial charge on any atom is 0.0106 e. The van der Waals surface area contributed by atoms with Crippen LogP contribution >= 0.6 is 0 Å².